The van der Waals surface area contributed by atoms with Crippen LogP contribution in [0.1, 0.15) is 24.5 Å². The van der Waals surface area contributed by atoms with Crippen molar-refractivity contribution in [3.63, 3.8) is 0 Å². The second kappa shape index (κ2) is 4.57. The highest BCUT2D eigenvalue weighted by molar-refractivity contribution is 5.70. The van der Waals surface area contributed by atoms with E-state index in [0.717, 1.165) is 36.8 Å². The monoisotopic (exact) mass is 309 g/mol. The maximum absolute atomic E-state index is 6.08. The smallest absolute Gasteiger partial charge is 0.231 e. The molecular weight excluding hydrogens is 290 g/mol. The highest BCUT2D eigenvalue weighted by Gasteiger charge is 2.50. The molecule has 118 valence electrons. The fraction of sp³-hybridized carbons (Fsp3) is 0.368. The molecule has 0 amide bonds. The molecule has 1 unspecified atom stereocenters. The third kappa shape index (κ3) is 1.66. The van der Waals surface area contributed by atoms with Gasteiger partial charge in [0.05, 0.1) is 5.41 Å². The summed E-state index contributed by atoms with van der Waals surface area (Å²) >= 11 is 0. The Bertz CT molecular complexity index is 788. The molecular formula is C19H19NO3. The summed E-state index contributed by atoms with van der Waals surface area (Å²) in [7, 11) is 0. The van der Waals surface area contributed by atoms with Crippen molar-refractivity contribution < 1.29 is 14.2 Å². The predicted molar refractivity (Wildman–Crippen MR) is 87.8 cm³/mol. The second-order valence-corrected chi connectivity index (χ2v) is 6.51. The van der Waals surface area contributed by atoms with E-state index in [2.05, 4.69) is 42.2 Å². The van der Waals surface area contributed by atoms with Crippen LogP contribution in [0.5, 0.6) is 17.2 Å². The van der Waals surface area contributed by atoms with Crippen LogP contribution < -0.4 is 19.1 Å². The molecule has 0 radical (unpaired) electrons. The molecule has 4 heteroatoms. The summed E-state index contributed by atoms with van der Waals surface area (Å²) in [5.41, 5.74) is 3.84. The van der Waals surface area contributed by atoms with Crippen LogP contribution >= 0.6 is 0 Å². The molecule has 3 heterocycles. The average molecular weight is 309 g/mol. The first kappa shape index (κ1) is 13.1. The Hall–Kier alpha value is -2.36. The quantitative estimate of drug-likeness (QED) is 0.851. The van der Waals surface area contributed by atoms with Crippen molar-refractivity contribution in [2.24, 2.45) is 0 Å². The molecule has 0 bridgehead atoms. The standard InChI is InChI=1S/C19H19NO3/c1-2-7-20-10-19(13-5-3-4-6-15(13)20)11-21-16-9-18-17(8-14(16)19)22-12-23-18/h3-6,8-9H,2,7,10-12H2,1H3. The largest absolute Gasteiger partial charge is 0.492 e. The summed E-state index contributed by atoms with van der Waals surface area (Å²) in [6.45, 7) is 5.24. The van der Waals surface area contributed by atoms with Crippen LogP contribution in [-0.4, -0.2) is 26.5 Å². The lowest BCUT2D eigenvalue weighted by molar-refractivity contribution is 0.173. The lowest BCUT2D eigenvalue weighted by atomic mass is 9.77. The summed E-state index contributed by atoms with van der Waals surface area (Å²) in [6, 6.07) is 12.8. The first-order valence-corrected chi connectivity index (χ1v) is 8.23. The Morgan fingerprint density at radius 2 is 1.83 bits per heavy atom. The van der Waals surface area contributed by atoms with Gasteiger partial charge in [-0.15, -0.1) is 0 Å². The third-order valence-electron chi connectivity index (χ3n) is 5.18. The van der Waals surface area contributed by atoms with E-state index in [4.69, 9.17) is 14.2 Å². The predicted octanol–water partition coefficient (Wildman–Crippen LogP) is 3.32. The Balaban J connectivity index is 1.68. The Kier molecular flexibility index (Phi) is 2.61. The molecule has 2 aromatic rings. The number of hydrogen-bond donors (Lipinski definition) is 0. The van der Waals surface area contributed by atoms with Gasteiger partial charge in [0.2, 0.25) is 6.79 Å². The zero-order valence-corrected chi connectivity index (χ0v) is 13.2. The fourth-order valence-electron chi connectivity index (χ4n) is 4.17. The van der Waals surface area contributed by atoms with E-state index in [1.54, 1.807) is 0 Å². The third-order valence-corrected chi connectivity index (χ3v) is 5.18. The van der Waals surface area contributed by atoms with Crippen molar-refractivity contribution in [2.75, 3.05) is 31.4 Å². The van der Waals surface area contributed by atoms with Crippen LogP contribution in [0.25, 0.3) is 0 Å². The number of para-hydroxylation sites is 1. The van der Waals surface area contributed by atoms with Gasteiger partial charge in [-0.05, 0) is 24.1 Å². The van der Waals surface area contributed by atoms with E-state index < -0.39 is 0 Å². The van der Waals surface area contributed by atoms with Crippen molar-refractivity contribution in [3.8, 4) is 17.2 Å². The SMILES string of the molecule is CCCN1CC2(COc3cc4c(cc32)OCO4)c2ccccc21. The normalized spacial score (nSPS) is 23.1. The van der Waals surface area contributed by atoms with Crippen LogP contribution in [0.4, 0.5) is 5.69 Å². The molecule has 0 saturated carbocycles. The number of benzene rings is 2. The molecule has 0 aromatic heterocycles. The maximum Gasteiger partial charge on any atom is 0.231 e. The summed E-state index contributed by atoms with van der Waals surface area (Å²) in [4.78, 5) is 2.48. The number of ether oxygens (including phenoxy) is 3. The van der Waals surface area contributed by atoms with E-state index >= 15 is 0 Å². The molecule has 3 aliphatic heterocycles. The zero-order chi connectivity index (χ0) is 15.4. The molecule has 3 aliphatic rings. The van der Waals surface area contributed by atoms with Crippen molar-refractivity contribution in [1.29, 1.82) is 0 Å². The molecule has 0 aliphatic carbocycles. The first-order chi connectivity index (χ1) is 11.3. The van der Waals surface area contributed by atoms with E-state index in [-0.39, 0.29) is 5.41 Å². The van der Waals surface area contributed by atoms with Crippen molar-refractivity contribution in [2.45, 2.75) is 18.8 Å². The van der Waals surface area contributed by atoms with Gasteiger partial charge in [-0.1, -0.05) is 25.1 Å². The van der Waals surface area contributed by atoms with Gasteiger partial charge in [0.15, 0.2) is 11.5 Å². The number of nitrogens with zero attached hydrogens (tertiary/aromatic N) is 1. The van der Waals surface area contributed by atoms with Crippen LogP contribution in [0.3, 0.4) is 0 Å². The number of fused-ring (bicyclic) bond motifs is 5. The van der Waals surface area contributed by atoms with Crippen molar-refractivity contribution in [1.82, 2.24) is 0 Å². The van der Waals surface area contributed by atoms with Crippen LogP contribution in [0.2, 0.25) is 0 Å². The minimum Gasteiger partial charge on any atom is -0.492 e. The van der Waals surface area contributed by atoms with Crippen molar-refractivity contribution >= 4 is 5.69 Å². The minimum atomic E-state index is -0.0952. The van der Waals surface area contributed by atoms with Gasteiger partial charge in [0.1, 0.15) is 12.4 Å². The van der Waals surface area contributed by atoms with Gasteiger partial charge in [-0.25, -0.2) is 0 Å². The van der Waals surface area contributed by atoms with Crippen molar-refractivity contribution in [3.05, 3.63) is 47.5 Å². The summed E-state index contributed by atoms with van der Waals surface area (Å²) in [5.74, 6) is 2.56. The highest BCUT2D eigenvalue weighted by atomic mass is 16.7. The van der Waals surface area contributed by atoms with Gasteiger partial charge in [0.25, 0.3) is 0 Å². The Morgan fingerprint density at radius 3 is 2.70 bits per heavy atom. The highest BCUT2D eigenvalue weighted by Crippen LogP contribution is 2.54. The van der Waals surface area contributed by atoms with Crippen LogP contribution in [0.15, 0.2) is 36.4 Å². The van der Waals surface area contributed by atoms with Gasteiger partial charge in [-0.3, -0.25) is 0 Å². The molecule has 0 fully saturated rings. The number of rotatable bonds is 2. The maximum atomic E-state index is 6.08. The van der Waals surface area contributed by atoms with E-state index in [0.29, 0.717) is 13.4 Å². The second-order valence-electron chi connectivity index (χ2n) is 6.51. The number of anilines is 1. The topological polar surface area (TPSA) is 30.9 Å². The van der Waals surface area contributed by atoms with Gasteiger partial charge < -0.3 is 19.1 Å². The molecule has 4 nitrogen and oxygen atoms in total. The summed E-state index contributed by atoms with van der Waals surface area (Å²) < 4.78 is 17.2. The molecule has 1 spiro atoms. The number of hydrogen-bond acceptors (Lipinski definition) is 4. The van der Waals surface area contributed by atoms with Gasteiger partial charge >= 0.3 is 0 Å². The van der Waals surface area contributed by atoms with E-state index in [9.17, 15) is 0 Å². The van der Waals surface area contributed by atoms with Crippen LogP contribution in [0, 0.1) is 0 Å². The summed E-state index contributed by atoms with van der Waals surface area (Å²) in [5, 5.41) is 0. The average Bonchev–Trinajstić information content (AvgIpc) is 3.25. The van der Waals surface area contributed by atoms with E-state index in [1.165, 1.54) is 16.8 Å². The lowest BCUT2D eigenvalue weighted by Gasteiger charge is -2.25. The molecule has 1 atom stereocenters. The summed E-state index contributed by atoms with van der Waals surface area (Å²) in [6.07, 6.45) is 1.14. The zero-order valence-electron chi connectivity index (χ0n) is 13.2. The van der Waals surface area contributed by atoms with Crippen LogP contribution in [-0.2, 0) is 5.41 Å². The Morgan fingerprint density at radius 1 is 1.00 bits per heavy atom. The molecule has 0 N–H and O–H groups in total. The lowest BCUT2D eigenvalue weighted by Crippen LogP contribution is -2.36. The van der Waals surface area contributed by atoms with Gasteiger partial charge in [0, 0.05) is 30.4 Å². The molecule has 5 rings (SSSR count). The molecule has 0 saturated heterocycles. The fourth-order valence-corrected chi connectivity index (χ4v) is 4.17. The molecule has 23 heavy (non-hydrogen) atoms. The Labute approximate surface area is 135 Å². The van der Waals surface area contributed by atoms with E-state index in [1.807, 2.05) is 6.07 Å². The minimum absolute atomic E-state index is 0.0952. The van der Waals surface area contributed by atoms with Gasteiger partial charge in [-0.2, -0.15) is 0 Å². The molecule has 2 aromatic carbocycles. The first-order valence-electron chi connectivity index (χ1n) is 8.23.